The van der Waals surface area contributed by atoms with Crippen molar-refractivity contribution in [2.24, 2.45) is 11.7 Å². The monoisotopic (exact) mass is 170 g/mol. The lowest BCUT2D eigenvalue weighted by Crippen LogP contribution is -2.34. The molecule has 1 heterocycles. The third-order valence-electron chi connectivity index (χ3n) is 2.69. The molecule has 0 saturated carbocycles. The summed E-state index contributed by atoms with van der Waals surface area (Å²) in [7, 11) is 0. The van der Waals surface area contributed by atoms with E-state index in [9.17, 15) is 0 Å². The molecule has 0 amide bonds. The molecule has 0 aromatic rings. The summed E-state index contributed by atoms with van der Waals surface area (Å²) in [4.78, 5) is 2.52. The van der Waals surface area contributed by atoms with Crippen molar-refractivity contribution >= 4 is 0 Å². The summed E-state index contributed by atoms with van der Waals surface area (Å²) in [5.74, 6) is 0.803. The zero-order chi connectivity index (χ0) is 9.14. The molecule has 0 aliphatic carbocycles. The van der Waals surface area contributed by atoms with E-state index in [-0.39, 0.29) is 0 Å². The molecule has 2 unspecified atom stereocenters. The first-order valence-electron chi connectivity index (χ1n) is 5.09. The Balaban J connectivity index is 2.28. The van der Waals surface area contributed by atoms with Gasteiger partial charge >= 0.3 is 0 Å². The molecule has 72 valence electrons. The van der Waals surface area contributed by atoms with Crippen LogP contribution in [0.1, 0.15) is 33.6 Å². The molecule has 1 rings (SSSR count). The molecule has 1 aliphatic rings. The number of hydrogen-bond acceptors (Lipinski definition) is 2. The third kappa shape index (κ3) is 2.76. The van der Waals surface area contributed by atoms with Crippen LogP contribution in [-0.4, -0.2) is 30.1 Å². The standard InChI is InChI=1S/C10H22N2/c1-8(2)6-9(3)12-5-4-10(11)7-12/h8-10H,4-7,11H2,1-3H3. The van der Waals surface area contributed by atoms with Gasteiger partial charge in [-0.3, -0.25) is 4.90 Å². The number of hydrogen-bond donors (Lipinski definition) is 1. The van der Waals surface area contributed by atoms with Gasteiger partial charge in [-0.05, 0) is 32.2 Å². The normalized spacial score (nSPS) is 28.2. The molecular weight excluding hydrogens is 148 g/mol. The smallest absolute Gasteiger partial charge is 0.0180 e. The minimum atomic E-state index is 0.430. The van der Waals surface area contributed by atoms with Crippen molar-refractivity contribution in [1.29, 1.82) is 0 Å². The van der Waals surface area contributed by atoms with Crippen LogP contribution in [-0.2, 0) is 0 Å². The van der Waals surface area contributed by atoms with Gasteiger partial charge in [0.15, 0.2) is 0 Å². The molecule has 2 heteroatoms. The van der Waals surface area contributed by atoms with Crippen LogP contribution in [0.5, 0.6) is 0 Å². The zero-order valence-corrected chi connectivity index (χ0v) is 8.59. The fourth-order valence-corrected chi connectivity index (χ4v) is 2.05. The molecule has 12 heavy (non-hydrogen) atoms. The number of nitrogens with zero attached hydrogens (tertiary/aromatic N) is 1. The van der Waals surface area contributed by atoms with Gasteiger partial charge in [0.05, 0.1) is 0 Å². The summed E-state index contributed by atoms with van der Waals surface area (Å²) in [5.41, 5.74) is 5.85. The molecule has 1 saturated heterocycles. The quantitative estimate of drug-likeness (QED) is 0.694. The molecule has 1 fully saturated rings. The molecule has 2 atom stereocenters. The van der Waals surface area contributed by atoms with Gasteiger partial charge in [0.2, 0.25) is 0 Å². The van der Waals surface area contributed by atoms with E-state index in [1.165, 1.54) is 19.4 Å². The SMILES string of the molecule is CC(C)CC(C)N1CCC(N)C1. The minimum absolute atomic E-state index is 0.430. The van der Waals surface area contributed by atoms with E-state index in [1.807, 2.05) is 0 Å². The Morgan fingerprint density at radius 2 is 2.08 bits per heavy atom. The molecule has 0 aromatic heterocycles. The molecular formula is C10H22N2. The lowest BCUT2D eigenvalue weighted by atomic mass is 10.0. The highest BCUT2D eigenvalue weighted by molar-refractivity contribution is 4.81. The van der Waals surface area contributed by atoms with Crippen LogP contribution in [0.25, 0.3) is 0 Å². The molecule has 0 aromatic carbocycles. The maximum atomic E-state index is 5.85. The molecule has 2 N–H and O–H groups in total. The fraction of sp³-hybridized carbons (Fsp3) is 1.00. The highest BCUT2D eigenvalue weighted by Crippen LogP contribution is 2.16. The predicted molar refractivity (Wildman–Crippen MR) is 53.1 cm³/mol. The van der Waals surface area contributed by atoms with Crippen molar-refractivity contribution in [3.8, 4) is 0 Å². The van der Waals surface area contributed by atoms with Crippen LogP contribution >= 0.6 is 0 Å². The summed E-state index contributed by atoms with van der Waals surface area (Å²) in [6, 6.07) is 1.15. The number of rotatable bonds is 3. The van der Waals surface area contributed by atoms with Crippen LogP contribution < -0.4 is 5.73 Å². The van der Waals surface area contributed by atoms with Crippen molar-refractivity contribution in [2.45, 2.75) is 45.7 Å². The summed E-state index contributed by atoms with van der Waals surface area (Å²) < 4.78 is 0. The van der Waals surface area contributed by atoms with Gasteiger partial charge in [-0.15, -0.1) is 0 Å². The van der Waals surface area contributed by atoms with Crippen LogP contribution in [0.15, 0.2) is 0 Å². The second kappa shape index (κ2) is 4.24. The number of likely N-dealkylation sites (tertiary alicyclic amines) is 1. The van der Waals surface area contributed by atoms with Crippen molar-refractivity contribution in [2.75, 3.05) is 13.1 Å². The fourth-order valence-electron chi connectivity index (χ4n) is 2.05. The van der Waals surface area contributed by atoms with Gasteiger partial charge in [0, 0.05) is 18.6 Å². The topological polar surface area (TPSA) is 29.3 Å². The van der Waals surface area contributed by atoms with Gasteiger partial charge in [-0.25, -0.2) is 0 Å². The van der Waals surface area contributed by atoms with Crippen molar-refractivity contribution in [3.05, 3.63) is 0 Å². The average Bonchev–Trinajstić information content (AvgIpc) is 2.34. The lowest BCUT2D eigenvalue weighted by Gasteiger charge is -2.25. The first kappa shape index (κ1) is 10.0. The highest BCUT2D eigenvalue weighted by Gasteiger charge is 2.23. The van der Waals surface area contributed by atoms with E-state index in [4.69, 9.17) is 5.73 Å². The van der Waals surface area contributed by atoms with E-state index in [1.54, 1.807) is 0 Å². The van der Waals surface area contributed by atoms with Crippen molar-refractivity contribution < 1.29 is 0 Å². The first-order valence-corrected chi connectivity index (χ1v) is 5.09. The molecule has 0 radical (unpaired) electrons. The summed E-state index contributed by atoms with van der Waals surface area (Å²) in [5, 5.41) is 0. The Labute approximate surface area is 76.1 Å². The van der Waals surface area contributed by atoms with Crippen molar-refractivity contribution in [3.63, 3.8) is 0 Å². The van der Waals surface area contributed by atoms with Gasteiger partial charge in [-0.2, -0.15) is 0 Å². The molecule has 0 bridgehead atoms. The van der Waals surface area contributed by atoms with Crippen LogP contribution in [0.3, 0.4) is 0 Å². The number of nitrogens with two attached hydrogens (primary N) is 1. The Morgan fingerprint density at radius 3 is 2.50 bits per heavy atom. The maximum absolute atomic E-state index is 5.85. The van der Waals surface area contributed by atoms with E-state index >= 15 is 0 Å². The predicted octanol–water partition coefficient (Wildman–Crippen LogP) is 1.45. The van der Waals surface area contributed by atoms with Crippen molar-refractivity contribution in [1.82, 2.24) is 4.90 Å². The van der Waals surface area contributed by atoms with E-state index in [0.29, 0.717) is 6.04 Å². The highest BCUT2D eigenvalue weighted by atomic mass is 15.2. The Hall–Kier alpha value is -0.0800. The van der Waals surface area contributed by atoms with E-state index < -0.39 is 0 Å². The first-order chi connectivity index (χ1) is 5.59. The Kier molecular flexibility index (Phi) is 3.53. The largest absolute Gasteiger partial charge is 0.326 e. The second-order valence-corrected chi connectivity index (χ2v) is 4.52. The van der Waals surface area contributed by atoms with Gasteiger partial charge < -0.3 is 5.73 Å². The summed E-state index contributed by atoms with van der Waals surface area (Å²) >= 11 is 0. The van der Waals surface area contributed by atoms with E-state index in [2.05, 4.69) is 25.7 Å². The Morgan fingerprint density at radius 1 is 1.42 bits per heavy atom. The average molecular weight is 170 g/mol. The van der Waals surface area contributed by atoms with Crippen LogP contribution in [0, 0.1) is 5.92 Å². The molecule has 2 nitrogen and oxygen atoms in total. The van der Waals surface area contributed by atoms with E-state index in [0.717, 1.165) is 18.5 Å². The molecule has 1 aliphatic heterocycles. The maximum Gasteiger partial charge on any atom is 0.0180 e. The lowest BCUT2D eigenvalue weighted by molar-refractivity contribution is 0.226. The van der Waals surface area contributed by atoms with Gasteiger partial charge in [0.1, 0.15) is 0 Å². The van der Waals surface area contributed by atoms with Gasteiger partial charge in [0.25, 0.3) is 0 Å². The zero-order valence-electron chi connectivity index (χ0n) is 8.59. The Bertz CT molecular complexity index is 134. The third-order valence-corrected chi connectivity index (χ3v) is 2.69. The summed E-state index contributed by atoms with van der Waals surface area (Å²) in [6.07, 6.45) is 2.48. The summed E-state index contributed by atoms with van der Waals surface area (Å²) in [6.45, 7) is 9.19. The molecule has 0 spiro atoms. The minimum Gasteiger partial charge on any atom is -0.326 e. The van der Waals surface area contributed by atoms with Crippen LogP contribution in [0.2, 0.25) is 0 Å². The van der Waals surface area contributed by atoms with Crippen LogP contribution in [0.4, 0.5) is 0 Å². The second-order valence-electron chi connectivity index (χ2n) is 4.52. The van der Waals surface area contributed by atoms with Gasteiger partial charge in [-0.1, -0.05) is 13.8 Å².